The fraction of sp³-hybridized carbons (Fsp3) is 0.483. The van der Waals surface area contributed by atoms with Crippen LogP contribution in [0.3, 0.4) is 0 Å². The second-order valence-electron chi connectivity index (χ2n) is 11.1. The van der Waals surface area contributed by atoms with E-state index in [2.05, 4.69) is 21.6 Å². The molecule has 0 unspecified atom stereocenters. The van der Waals surface area contributed by atoms with Gasteiger partial charge in [0, 0.05) is 42.5 Å². The van der Waals surface area contributed by atoms with Crippen molar-refractivity contribution in [2.75, 3.05) is 25.0 Å². The molecule has 2 atom stereocenters. The van der Waals surface area contributed by atoms with Gasteiger partial charge in [-0.05, 0) is 68.4 Å². The van der Waals surface area contributed by atoms with Crippen LogP contribution in [0.25, 0.3) is 0 Å². The van der Waals surface area contributed by atoms with Crippen LogP contribution in [0.15, 0.2) is 48.5 Å². The van der Waals surface area contributed by atoms with Crippen LogP contribution in [-0.2, 0) is 21.2 Å². The van der Waals surface area contributed by atoms with E-state index < -0.39 is 23.1 Å². The first-order chi connectivity index (χ1) is 18.7. The summed E-state index contributed by atoms with van der Waals surface area (Å²) in [5.74, 6) is -0.815. The molecule has 2 aromatic carbocycles. The maximum atomic E-state index is 13.0. The lowest BCUT2D eigenvalue weighted by Gasteiger charge is -2.41. The van der Waals surface area contributed by atoms with Crippen molar-refractivity contribution in [1.82, 2.24) is 15.1 Å². The molecule has 2 aromatic rings. The number of likely N-dealkylation sites (tertiary alicyclic amines) is 2. The summed E-state index contributed by atoms with van der Waals surface area (Å²) in [5, 5.41) is 5.56. The van der Waals surface area contributed by atoms with E-state index in [4.69, 9.17) is 0 Å². The molecule has 3 amide bonds. The molecule has 1 aliphatic carbocycles. The monoisotopic (exact) mass is 540 g/mol. The molecule has 10 heteroatoms. The van der Waals surface area contributed by atoms with Crippen LogP contribution in [0.5, 0.6) is 0 Å². The Morgan fingerprint density at radius 1 is 0.974 bits per heavy atom. The van der Waals surface area contributed by atoms with E-state index in [1.807, 2.05) is 23.1 Å². The van der Waals surface area contributed by atoms with Crippen molar-refractivity contribution >= 4 is 23.4 Å². The number of fused-ring (bicyclic) bond motifs is 3. The maximum Gasteiger partial charge on any atom is 0.416 e. The number of para-hydroxylation sites is 1. The lowest BCUT2D eigenvalue weighted by Crippen LogP contribution is -2.48. The van der Waals surface area contributed by atoms with E-state index in [1.54, 1.807) is 0 Å². The van der Waals surface area contributed by atoms with E-state index in [-0.39, 0.29) is 36.0 Å². The lowest BCUT2D eigenvalue weighted by molar-refractivity contribution is -0.137. The summed E-state index contributed by atoms with van der Waals surface area (Å²) in [7, 11) is 0. The Morgan fingerprint density at radius 3 is 2.49 bits per heavy atom. The highest BCUT2D eigenvalue weighted by molar-refractivity contribution is 6.06. The summed E-state index contributed by atoms with van der Waals surface area (Å²) >= 11 is 0. The van der Waals surface area contributed by atoms with Gasteiger partial charge in [0.25, 0.3) is 5.91 Å². The molecule has 2 saturated heterocycles. The number of nitrogens with one attached hydrogen (secondary N) is 2. The third kappa shape index (κ3) is 4.48. The maximum absolute atomic E-state index is 13.0. The number of benzene rings is 2. The number of nitrogens with zero attached hydrogens (tertiary/aromatic N) is 2. The lowest BCUT2D eigenvalue weighted by atomic mass is 9.68. The Labute approximate surface area is 224 Å². The minimum atomic E-state index is -4.54. The van der Waals surface area contributed by atoms with Crippen LogP contribution in [0, 0.1) is 0 Å². The van der Waals surface area contributed by atoms with Crippen molar-refractivity contribution in [1.29, 1.82) is 0 Å². The molecule has 0 radical (unpaired) electrons. The first-order valence-electron chi connectivity index (χ1n) is 13.6. The summed E-state index contributed by atoms with van der Waals surface area (Å²) in [6, 6.07) is 12.8. The van der Waals surface area contributed by atoms with Gasteiger partial charge in [-0.2, -0.15) is 13.2 Å². The van der Waals surface area contributed by atoms with Crippen LogP contribution >= 0.6 is 0 Å². The van der Waals surface area contributed by atoms with Crippen LogP contribution in [0.4, 0.5) is 18.9 Å². The summed E-state index contributed by atoms with van der Waals surface area (Å²) in [6.45, 7) is 1.23. The molecular weight excluding hydrogens is 509 g/mol. The SMILES string of the molecule is O=C(NCC(=O)N1CC[C@@H]2[C@H]1CCN2C1CCC2(CC1)C(=O)Nc1ccccc12)c1cccc(C(F)(F)F)c1. The van der Waals surface area contributed by atoms with E-state index in [0.29, 0.717) is 12.6 Å². The topological polar surface area (TPSA) is 81.8 Å². The number of carbonyl (C=O) groups excluding carboxylic acids is 3. The highest BCUT2D eigenvalue weighted by Crippen LogP contribution is 2.49. The molecule has 3 heterocycles. The molecule has 4 aliphatic rings. The van der Waals surface area contributed by atoms with Crippen molar-refractivity contribution in [3.63, 3.8) is 0 Å². The Morgan fingerprint density at radius 2 is 1.72 bits per heavy atom. The highest BCUT2D eigenvalue weighted by Gasteiger charge is 2.52. The second kappa shape index (κ2) is 9.66. The van der Waals surface area contributed by atoms with E-state index >= 15 is 0 Å². The highest BCUT2D eigenvalue weighted by atomic mass is 19.4. The Bertz CT molecular complexity index is 1300. The average molecular weight is 541 g/mol. The first-order valence-corrected chi connectivity index (χ1v) is 13.6. The largest absolute Gasteiger partial charge is 0.416 e. The van der Waals surface area contributed by atoms with Gasteiger partial charge in [0.2, 0.25) is 11.8 Å². The summed E-state index contributed by atoms with van der Waals surface area (Å²) in [6.07, 6.45) is 0.610. The van der Waals surface area contributed by atoms with Crippen molar-refractivity contribution in [2.45, 2.75) is 68.2 Å². The molecule has 206 valence electrons. The third-order valence-electron chi connectivity index (χ3n) is 9.20. The summed E-state index contributed by atoms with van der Waals surface area (Å²) in [5.41, 5.74) is 0.561. The number of halogens is 3. The van der Waals surface area contributed by atoms with Gasteiger partial charge in [0.1, 0.15) is 0 Å². The Balaban J connectivity index is 1.04. The van der Waals surface area contributed by atoms with Crippen molar-refractivity contribution in [3.8, 4) is 0 Å². The van der Waals surface area contributed by atoms with Gasteiger partial charge in [-0.3, -0.25) is 19.3 Å². The Kier molecular flexibility index (Phi) is 6.40. The van der Waals surface area contributed by atoms with Crippen LogP contribution in [-0.4, -0.2) is 65.3 Å². The first kappa shape index (κ1) is 25.9. The van der Waals surface area contributed by atoms with Crippen LogP contribution in [0.2, 0.25) is 0 Å². The molecule has 39 heavy (non-hydrogen) atoms. The van der Waals surface area contributed by atoms with Gasteiger partial charge < -0.3 is 15.5 Å². The van der Waals surface area contributed by atoms with Crippen LogP contribution in [0.1, 0.15) is 60.0 Å². The van der Waals surface area contributed by atoms with Crippen molar-refractivity contribution in [3.05, 3.63) is 65.2 Å². The number of carbonyl (C=O) groups is 3. The van der Waals surface area contributed by atoms with Gasteiger partial charge in [-0.25, -0.2) is 0 Å². The predicted octanol–water partition coefficient (Wildman–Crippen LogP) is 3.94. The molecule has 3 aliphatic heterocycles. The number of rotatable bonds is 4. The van der Waals surface area contributed by atoms with Gasteiger partial charge in [0.05, 0.1) is 17.5 Å². The zero-order valence-corrected chi connectivity index (χ0v) is 21.5. The molecule has 2 N–H and O–H groups in total. The number of amides is 3. The van der Waals surface area contributed by atoms with Crippen molar-refractivity contribution < 1.29 is 27.6 Å². The molecule has 6 rings (SSSR count). The minimum Gasteiger partial charge on any atom is -0.343 e. The van der Waals surface area contributed by atoms with Gasteiger partial charge >= 0.3 is 6.18 Å². The molecule has 0 aromatic heterocycles. The molecule has 3 fully saturated rings. The predicted molar refractivity (Wildman–Crippen MR) is 138 cm³/mol. The molecular formula is C29H31F3N4O3. The molecule has 1 saturated carbocycles. The van der Waals surface area contributed by atoms with Gasteiger partial charge in [0.15, 0.2) is 0 Å². The van der Waals surface area contributed by atoms with Gasteiger partial charge in [-0.1, -0.05) is 24.3 Å². The smallest absolute Gasteiger partial charge is 0.343 e. The van der Waals surface area contributed by atoms with E-state index in [1.165, 1.54) is 12.1 Å². The zero-order valence-electron chi connectivity index (χ0n) is 21.5. The molecule has 0 bridgehead atoms. The number of hydrogen-bond donors (Lipinski definition) is 2. The summed E-state index contributed by atoms with van der Waals surface area (Å²) in [4.78, 5) is 42.8. The standard InChI is InChI=1S/C29H31F3N4O3/c30-29(31,32)19-5-3-4-18(16-19)26(38)33-17-25(37)36-15-11-23-24(36)10-14-35(23)20-8-12-28(13-9-20)21-6-1-2-7-22(21)34-27(28)39/h1-7,16,20,23-24H,8-15,17H2,(H,33,38)(H,34,39)/t20?,23-,24-,28?/m1/s1. The quantitative estimate of drug-likeness (QED) is 0.616. The number of alkyl halides is 3. The normalized spacial score (nSPS) is 28.3. The number of hydrogen-bond acceptors (Lipinski definition) is 4. The summed E-state index contributed by atoms with van der Waals surface area (Å²) < 4.78 is 38.9. The van der Waals surface area contributed by atoms with Crippen molar-refractivity contribution in [2.24, 2.45) is 0 Å². The second-order valence-corrected chi connectivity index (χ2v) is 11.1. The average Bonchev–Trinajstić information content (AvgIpc) is 3.61. The zero-order chi connectivity index (χ0) is 27.4. The Hall–Kier alpha value is -3.40. The molecule has 1 spiro atoms. The number of anilines is 1. The molecule has 7 nitrogen and oxygen atoms in total. The third-order valence-corrected chi connectivity index (χ3v) is 9.20. The fourth-order valence-corrected chi connectivity index (χ4v) is 7.28. The minimum absolute atomic E-state index is 0.0642. The van der Waals surface area contributed by atoms with E-state index in [9.17, 15) is 27.6 Å². The van der Waals surface area contributed by atoms with Crippen LogP contribution < -0.4 is 10.6 Å². The van der Waals surface area contributed by atoms with Gasteiger partial charge in [-0.15, -0.1) is 0 Å². The van der Waals surface area contributed by atoms with E-state index in [0.717, 1.165) is 68.5 Å². The fourth-order valence-electron chi connectivity index (χ4n) is 7.28.